The highest BCUT2D eigenvalue weighted by Crippen LogP contribution is 2.28. The molecule has 0 aliphatic heterocycles. The summed E-state index contributed by atoms with van der Waals surface area (Å²) in [5, 5.41) is 7.75. The van der Waals surface area contributed by atoms with Crippen molar-refractivity contribution in [1.29, 1.82) is 0 Å². The van der Waals surface area contributed by atoms with Crippen molar-refractivity contribution in [3.8, 4) is 0 Å². The Hall–Kier alpha value is -0.830. The topological polar surface area (TPSA) is 29.9 Å². The van der Waals surface area contributed by atoms with Crippen molar-refractivity contribution in [3.63, 3.8) is 0 Å². The van der Waals surface area contributed by atoms with E-state index < -0.39 is 0 Å². The summed E-state index contributed by atoms with van der Waals surface area (Å²) in [5.74, 6) is 0. The third-order valence-electron chi connectivity index (χ3n) is 2.99. The van der Waals surface area contributed by atoms with E-state index >= 15 is 0 Å². The zero-order chi connectivity index (χ0) is 9.80. The molecule has 2 rings (SSSR count). The molecule has 0 aromatic carbocycles. The quantitative estimate of drug-likeness (QED) is 0.789. The molecule has 0 spiro atoms. The molecule has 0 bridgehead atoms. The molecule has 1 fully saturated rings. The minimum Gasteiger partial charge on any atom is -0.319 e. The second-order valence-corrected chi connectivity index (χ2v) is 4.08. The number of hydrogen-bond acceptors (Lipinski definition) is 2. The van der Waals surface area contributed by atoms with Gasteiger partial charge in [0.2, 0.25) is 0 Å². The standard InChI is InChI=1S/C11H19N3/c1-12-8-6-10-7-9-14(13-10)11-4-2-3-5-11/h7,9,11-12H,2-6,8H2,1H3. The van der Waals surface area contributed by atoms with Gasteiger partial charge in [0, 0.05) is 19.2 Å². The van der Waals surface area contributed by atoms with Crippen molar-refractivity contribution >= 4 is 0 Å². The van der Waals surface area contributed by atoms with E-state index in [1.165, 1.54) is 31.4 Å². The predicted molar refractivity (Wildman–Crippen MR) is 57.4 cm³/mol. The lowest BCUT2D eigenvalue weighted by Gasteiger charge is -2.08. The van der Waals surface area contributed by atoms with Crippen LogP contribution in [0.25, 0.3) is 0 Å². The number of rotatable bonds is 4. The SMILES string of the molecule is CNCCc1ccn(C2CCCC2)n1. The van der Waals surface area contributed by atoms with Gasteiger partial charge in [-0.2, -0.15) is 5.10 Å². The fourth-order valence-electron chi connectivity index (χ4n) is 2.14. The molecule has 0 saturated heterocycles. The summed E-state index contributed by atoms with van der Waals surface area (Å²) in [6.07, 6.45) is 8.55. The van der Waals surface area contributed by atoms with Crippen LogP contribution in [0.4, 0.5) is 0 Å². The number of likely N-dealkylation sites (N-methyl/N-ethyl adjacent to an activating group) is 1. The first-order chi connectivity index (χ1) is 6.90. The Labute approximate surface area is 85.5 Å². The number of hydrogen-bond donors (Lipinski definition) is 1. The van der Waals surface area contributed by atoms with Crippen molar-refractivity contribution in [3.05, 3.63) is 18.0 Å². The van der Waals surface area contributed by atoms with Gasteiger partial charge in [0.1, 0.15) is 0 Å². The van der Waals surface area contributed by atoms with Gasteiger partial charge in [-0.25, -0.2) is 0 Å². The summed E-state index contributed by atoms with van der Waals surface area (Å²) in [6.45, 7) is 1.02. The molecule has 0 radical (unpaired) electrons. The van der Waals surface area contributed by atoms with Crippen molar-refractivity contribution in [2.24, 2.45) is 0 Å². The van der Waals surface area contributed by atoms with Gasteiger partial charge >= 0.3 is 0 Å². The van der Waals surface area contributed by atoms with E-state index in [2.05, 4.69) is 27.4 Å². The molecule has 14 heavy (non-hydrogen) atoms. The molecule has 1 saturated carbocycles. The van der Waals surface area contributed by atoms with Gasteiger partial charge in [-0.15, -0.1) is 0 Å². The Morgan fingerprint density at radius 2 is 2.29 bits per heavy atom. The van der Waals surface area contributed by atoms with Crippen LogP contribution in [0, 0.1) is 0 Å². The Morgan fingerprint density at radius 3 is 3.00 bits per heavy atom. The minimum atomic E-state index is 0.679. The van der Waals surface area contributed by atoms with Crippen molar-refractivity contribution in [1.82, 2.24) is 15.1 Å². The van der Waals surface area contributed by atoms with Crippen molar-refractivity contribution in [2.45, 2.75) is 38.1 Å². The zero-order valence-corrected chi connectivity index (χ0v) is 8.87. The van der Waals surface area contributed by atoms with E-state index in [0.29, 0.717) is 6.04 Å². The van der Waals surface area contributed by atoms with Crippen LogP contribution in [0.15, 0.2) is 12.3 Å². The van der Waals surface area contributed by atoms with Crippen LogP contribution in [0.2, 0.25) is 0 Å². The molecule has 1 aliphatic rings. The van der Waals surface area contributed by atoms with E-state index in [4.69, 9.17) is 0 Å². The minimum absolute atomic E-state index is 0.679. The van der Waals surface area contributed by atoms with E-state index in [1.807, 2.05) is 7.05 Å². The summed E-state index contributed by atoms with van der Waals surface area (Å²) in [6, 6.07) is 2.83. The highest BCUT2D eigenvalue weighted by molar-refractivity contribution is 5.00. The third-order valence-corrected chi connectivity index (χ3v) is 2.99. The Morgan fingerprint density at radius 1 is 1.50 bits per heavy atom. The first-order valence-electron chi connectivity index (χ1n) is 5.59. The second kappa shape index (κ2) is 4.60. The van der Waals surface area contributed by atoms with Gasteiger partial charge in [-0.05, 0) is 26.0 Å². The normalized spacial score (nSPS) is 17.8. The molecule has 1 aliphatic carbocycles. The van der Waals surface area contributed by atoms with Crippen LogP contribution >= 0.6 is 0 Å². The molecule has 1 N–H and O–H groups in total. The maximum Gasteiger partial charge on any atom is 0.0637 e. The smallest absolute Gasteiger partial charge is 0.0637 e. The maximum atomic E-state index is 4.61. The van der Waals surface area contributed by atoms with Gasteiger partial charge < -0.3 is 5.32 Å². The van der Waals surface area contributed by atoms with Gasteiger partial charge in [-0.3, -0.25) is 4.68 Å². The summed E-state index contributed by atoms with van der Waals surface area (Å²) < 4.78 is 2.16. The third kappa shape index (κ3) is 2.15. The lowest BCUT2D eigenvalue weighted by atomic mass is 10.3. The van der Waals surface area contributed by atoms with Crippen LogP contribution in [-0.4, -0.2) is 23.4 Å². The van der Waals surface area contributed by atoms with Crippen molar-refractivity contribution < 1.29 is 0 Å². The van der Waals surface area contributed by atoms with Gasteiger partial charge in [0.15, 0.2) is 0 Å². The first-order valence-corrected chi connectivity index (χ1v) is 5.59. The highest BCUT2D eigenvalue weighted by atomic mass is 15.3. The van der Waals surface area contributed by atoms with Gasteiger partial charge in [0.25, 0.3) is 0 Å². The lowest BCUT2D eigenvalue weighted by molar-refractivity contribution is 0.462. The average Bonchev–Trinajstić information content (AvgIpc) is 2.85. The maximum absolute atomic E-state index is 4.61. The van der Waals surface area contributed by atoms with E-state index in [0.717, 1.165) is 13.0 Å². The molecular weight excluding hydrogens is 174 g/mol. The van der Waals surface area contributed by atoms with Crippen LogP contribution in [0.3, 0.4) is 0 Å². The van der Waals surface area contributed by atoms with Crippen LogP contribution < -0.4 is 5.32 Å². The molecule has 3 heteroatoms. The predicted octanol–water partition coefficient (Wildman–Crippen LogP) is 1.76. The zero-order valence-electron chi connectivity index (χ0n) is 8.87. The van der Waals surface area contributed by atoms with E-state index in [9.17, 15) is 0 Å². The first kappa shape index (κ1) is 9.71. The molecule has 1 heterocycles. The van der Waals surface area contributed by atoms with Gasteiger partial charge in [-0.1, -0.05) is 12.8 Å². The van der Waals surface area contributed by atoms with Crippen molar-refractivity contribution in [2.75, 3.05) is 13.6 Å². The Balaban J connectivity index is 1.94. The molecular formula is C11H19N3. The molecule has 3 nitrogen and oxygen atoms in total. The monoisotopic (exact) mass is 193 g/mol. The Bertz CT molecular complexity index is 274. The molecule has 1 aromatic heterocycles. The molecule has 0 unspecified atom stereocenters. The summed E-state index contributed by atoms with van der Waals surface area (Å²) >= 11 is 0. The molecule has 1 aromatic rings. The van der Waals surface area contributed by atoms with E-state index in [1.54, 1.807) is 0 Å². The van der Waals surface area contributed by atoms with Crippen LogP contribution in [-0.2, 0) is 6.42 Å². The van der Waals surface area contributed by atoms with Crippen LogP contribution in [0.1, 0.15) is 37.4 Å². The summed E-state index contributed by atoms with van der Waals surface area (Å²) in [4.78, 5) is 0. The van der Waals surface area contributed by atoms with Gasteiger partial charge in [0.05, 0.1) is 11.7 Å². The van der Waals surface area contributed by atoms with Crippen LogP contribution in [0.5, 0.6) is 0 Å². The number of aromatic nitrogens is 2. The lowest BCUT2D eigenvalue weighted by Crippen LogP contribution is -2.11. The second-order valence-electron chi connectivity index (χ2n) is 4.08. The summed E-state index contributed by atoms with van der Waals surface area (Å²) in [5.41, 5.74) is 1.21. The number of nitrogens with one attached hydrogen (secondary N) is 1. The molecule has 0 amide bonds. The average molecular weight is 193 g/mol. The molecule has 0 atom stereocenters. The summed E-state index contributed by atoms with van der Waals surface area (Å²) in [7, 11) is 1.98. The largest absolute Gasteiger partial charge is 0.319 e. The fourth-order valence-corrected chi connectivity index (χ4v) is 2.14. The fraction of sp³-hybridized carbons (Fsp3) is 0.727. The molecule has 78 valence electrons. The van der Waals surface area contributed by atoms with E-state index in [-0.39, 0.29) is 0 Å². The Kier molecular flexibility index (Phi) is 3.19. The number of nitrogens with zero attached hydrogens (tertiary/aromatic N) is 2. The highest BCUT2D eigenvalue weighted by Gasteiger charge is 2.17.